The SMILES string of the molecule is COc1cc(C)cc(C)c1CCC(Br)C(C)(C)C. The third-order valence-electron chi connectivity index (χ3n) is 3.38. The number of ether oxygens (including phenoxy) is 1. The van der Waals surface area contributed by atoms with Gasteiger partial charge in [0.25, 0.3) is 0 Å². The van der Waals surface area contributed by atoms with E-state index in [-0.39, 0.29) is 0 Å². The Hall–Kier alpha value is -0.500. The van der Waals surface area contributed by atoms with Gasteiger partial charge in [-0.1, -0.05) is 42.8 Å². The minimum atomic E-state index is 0.297. The molecule has 0 radical (unpaired) electrons. The standard InChI is InChI=1S/C16H25BrO/c1-11-9-12(2)13(14(10-11)18-6)7-8-15(17)16(3,4)5/h9-10,15H,7-8H2,1-6H3. The van der Waals surface area contributed by atoms with Crippen molar-refractivity contribution in [3.8, 4) is 5.75 Å². The fraction of sp³-hybridized carbons (Fsp3) is 0.625. The molecule has 1 atom stereocenters. The normalized spacial score (nSPS) is 13.5. The second-order valence-corrected chi connectivity index (χ2v) is 7.24. The number of halogens is 1. The third kappa shape index (κ3) is 4.01. The summed E-state index contributed by atoms with van der Waals surface area (Å²) in [4.78, 5) is 0.524. The number of methoxy groups -OCH3 is 1. The molecule has 0 heterocycles. The van der Waals surface area contributed by atoms with E-state index >= 15 is 0 Å². The monoisotopic (exact) mass is 312 g/mol. The van der Waals surface area contributed by atoms with E-state index in [0.29, 0.717) is 10.2 Å². The first-order valence-electron chi connectivity index (χ1n) is 6.54. The van der Waals surface area contributed by atoms with Crippen LogP contribution in [0.25, 0.3) is 0 Å². The second kappa shape index (κ2) is 6.10. The number of hydrogen-bond donors (Lipinski definition) is 0. The molecule has 0 bridgehead atoms. The van der Waals surface area contributed by atoms with E-state index in [9.17, 15) is 0 Å². The summed E-state index contributed by atoms with van der Waals surface area (Å²) in [6.45, 7) is 11.1. The molecule has 0 N–H and O–H groups in total. The Balaban J connectivity index is 2.85. The van der Waals surface area contributed by atoms with Gasteiger partial charge in [0.15, 0.2) is 0 Å². The summed E-state index contributed by atoms with van der Waals surface area (Å²) in [6.07, 6.45) is 2.19. The lowest BCUT2D eigenvalue weighted by molar-refractivity contribution is 0.380. The largest absolute Gasteiger partial charge is 0.496 e. The van der Waals surface area contributed by atoms with Gasteiger partial charge in [0, 0.05) is 4.83 Å². The van der Waals surface area contributed by atoms with Crippen molar-refractivity contribution in [2.24, 2.45) is 5.41 Å². The molecule has 1 nitrogen and oxygen atoms in total. The third-order valence-corrected chi connectivity index (χ3v) is 5.22. The Morgan fingerprint density at radius 1 is 1.22 bits per heavy atom. The van der Waals surface area contributed by atoms with Gasteiger partial charge in [-0.15, -0.1) is 0 Å². The summed E-state index contributed by atoms with van der Waals surface area (Å²) in [6, 6.07) is 4.36. The van der Waals surface area contributed by atoms with Gasteiger partial charge in [-0.25, -0.2) is 0 Å². The van der Waals surface area contributed by atoms with Gasteiger partial charge in [-0.3, -0.25) is 0 Å². The van der Waals surface area contributed by atoms with E-state index in [4.69, 9.17) is 4.74 Å². The van der Waals surface area contributed by atoms with Crippen molar-refractivity contribution in [2.45, 2.75) is 52.3 Å². The molecule has 0 saturated heterocycles. The fourth-order valence-electron chi connectivity index (χ4n) is 2.17. The van der Waals surface area contributed by atoms with Gasteiger partial charge in [0.1, 0.15) is 5.75 Å². The van der Waals surface area contributed by atoms with Crippen LogP contribution in [0.4, 0.5) is 0 Å². The lowest BCUT2D eigenvalue weighted by Gasteiger charge is -2.26. The number of aryl methyl sites for hydroxylation is 2. The first-order chi connectivity index (χ1) is 8.25. The van der Waals surface area contributed by atoms with Crippen molar-refractivity contribution in [1.29, 1.82) is 0 Å². The van der Waals surface area contributed by atoms with Crippen LogP contribution in [0.5, 0.6) is 5.75 Å². The summed E-state index contributed by atoms with van der Waals surface area (Å²) in [7, 11) is 1.76. The molecule has 0 amide bonds. The van der Waals surface area contributed by atoms with E-state index in [1.807, 2.05) is 0 Å². The highest BCUT2D eigenvalue weighted by molar-refractivity contribution is 9.09. The van der Waals surface area contributed by atoms with E-state index in [1.54, 1.807) is 7.11 Å². The van der Waals surface area contributed by atoms with Crippen LogP contribution < -0.4 is 4.74 Å². The number of hydrogen-bond acceptors (Lipinski definition) is 1. The van der Waals surface area contributed by atoms with Crippen molar-refractivity contribution in [3.05, 3.63) is 28.8 Å². The van der Waals surface area contributed by atoms with E-state index in [2.05, 4.69) is 62.7 Å². The summed E-state index contributed by atoms with van der Waals surface area (Å²) >= 11 is 3.80. The van der Waals surface area contributed by atoms with Crippen LogP contribution in [-0.2, 0) is 6.42 Å². The minimum absolute atomic E-state index is 0.297. The van der Waals surface area contributed by atoms with Gasteiger partial charge >= 0.3 is 0 Å². The molecular formula is C16H25BrO. The second-order valence-electron chi connectivity index (χ2n) is 6.13. The summed E-state index contributed by atoms with van der Waals surface area (Å²) < 4.78 is 5.51. The Morgan fingerprint density at radius 2 is 1.83 bits per heavy atom. The van der Waals surface area contributed by atoms with Crippen LogP contribution in [-0.4, -0.2) is 11.9 Å². The van der Waals surface area contributed by atoms with Gasteiger partial charge < -0.3 is 4.74 Å². The van der Waals surface area contributed by atoms with Crippen molar-refractivity contribution in [1.82, 2.24) is 0 Å². The highest BCUT2D eigenvalue weighted by atomic mass is 79.9. The van der Waals surface area contributed by atoms with Crippen LogP contribution in [0, 0.1) is 19.3 Å². The molecule has 1 unspecified atom stereocenters. The maximum atomic E-state index is 5.51. The van der Waals surface area contributed by atoms with Gasteiger partial charge in [-0.05, 0) is 54.9 Å². The van der Waals surface area contributed by atoms with Crippen LogP contribution in [0.1, 0.15) is 43.9 Å². The quantitative estimate of drug-likeness (QED) is 0.706. The lowest BCUT2D eigenvalue weighted by Crippen LogP contribution is -2.20. The lowest BCUT2D eigenvalue weighted by atomic mass is 9.88. The predicted molar refractivity (Wildman–Crippen MR) is 83.0 cm³/mol. The van der Waals surface area contributed by atoms with Gasteiger partial charge in [-0.2, -0.15) is 0 Å². The van der Waals surface area contributed by atoms with E-state index < -0.39 is 0 Å². The molecular weight excluding hydrogens is 288 g/mol. The highest BCUT2D eigenvalue weighted by Gasteiger charge is 2.22. The Labute approximate surface area is 120 Å². The summed E-state index contributed by atoms with van der Waals surface area (Å²) in [5, 5.41) is 0. The van der Waals surface area contributed by atoms with Crippen LogP contribution in [0.3, 0.4) is 0 Å². The van der Waals surface area contributed by atoms with Crippen LogP contribution in [0.15, 0.2) is 12.1 Å². The molecule has 0 aliphatic heterocycles. The number of rotatable bonds is 4. The topological polar surface area (TPSA) is 9.23 Å². The number of benzene rings is 1. The molecule has 1 aromatic carbocycles. The van der Waals surface area contributed by atoms with Gasteiger partial charge in [0.2, 0.25) is 0 Å². The predicted octanol–water partition coefficient (Wildman–Crippen LogP) is 5.05. The first kappa shape index (κ1) is 15.6. The summed E-state index contributed by atoms with van der Waals surface area (Å²) in [5.74, 6) is 1.03. The average Bonchev–Trinajstić information content (AvgIpc) is 2.25. The molecule has 1 aromatic rings. The van der Waals surface area contributed by atoms with Crippen molar-refractivity contribution >= 4 is 15.9 Å². The highest BCUT2D eigenvalue weighted by Crippen LogP contribution is 2.32. The summed E-state index contributed by atoms with van der Waals surface area (Å²) in [5.41, 5.74) is 4.24. The van der Waals surface area contributed by atoms with Gasteiger partial charge in [0.05, 0.1) is 7.11 Å². The molecule has 0 fully saturated rings. The minimum Gasteiger partial charge on any atom is -0.496 e. The van der Waals surface area contributed by atoms with Crippen molar-refractivity contribution in [3.63, 3.8) is 0 Å². The maximum absolute atomic E-state index is 5.51. The van der Waals surface area contributed by atoms with E-state index in [1.165, 1.54) is 16.7 Å². The van der Waals surface area contributed by atoms with E-state index in [0.717, 1.165) is 18.6 Å². The Kier molecular flexibility index (Phi) is 5.27. The zero-order chi connectivity index (χ0) is 13.9. The molecule has 18 heavy (non-hydrogen) atoms. The molecule has 1 rings (SSSR count). The molecule has 0 aliphatic rings. The molecule has 102 valence electrons. The molecule has 0 aliphatic carbocycles. The van der Waals surface area contributed by atoms with Crippen LogP contribution in [0.2, 0.25) is 0 Å². The molecule has 2 heteroatoms. The number of alkyl halides is 1. The molecule has 0 saturated carbocycles. The average molecular weight is 313 g/mol. The van der Waals surface area contributed by atoms with Crippen molar-refractivity contribution < 1.29 is 4.74 Å². The molecule has 0 aromatic heterocycles. The van der Waals surface area contributed by atoms with Crippen LogP contribution >= 0.6 is 15.9 Å². The zero-order valence-corrected chi connectivity index (χ0v) is 14.0. The Morgan fingerprint density at radius 3 is 2.33 bits per heavy atom. The zero-order valence-electron chi connectivity index (χ0n) is 12.4. The fourth-order valence-corrected chi connectivity index (χ4v) is 2.39. The molecule has 0 spiro atoms. The first-order valence-corrected chi connectivity index (χ1v) is 7.45. The smallest absolute Gasteiger partial charge is 0.122 e. The maximum Gasteiger partial charge on any atom is 0.122 e. The Bertz CT molecular complexity index is 404. The van der Waals surface area contributed by atoms with Crippen molar-refractivity contribution in [2.75, 3.05) is 7.11 Å².